The maximum Gasteiger partial charge on any atom is 0.207 e. The van der Waals surface area contributed by atoms with Crippen molar-refractivity contribution in [1.82, 2.24) is 19.7 Å². The van der Waals surface area contributed by atoms with E-state index in [1.807, 2.05) is 38.2 Å². The number of benzene rings is 1. The van der Waals surface area contributed by atoms with Crippen LogP contribution in [0.5, 0.6) is 5.75 Å². The first-order chi connectivity index (χ1) is 15.2. The number of aromatic nitrogens is 4. The van der Waals surface area contributed by atoms with Crippen molar-refractivity contribution in [2.75, 3.05) is 37.8 Å². The first-order valence-corrected chi connectivity index (χ1v) is 10.6. The Morgan fingerprint density at radius 3 is 2.68 bits per heavy atom. The van der Waals surface area contributed by atoms with Crippen LogP contribution in [-0.2, 0) is 4.74 Å². The molecule has 6 rings (SSSR count). The summed E-state index contributed by atoms with van der Waals surface area (Å²) in [4.78, 5) is 12.0. The normalized spacial score (nSPS) is 18.4. The smallest absolute Gasteiger partial charge is 0.207 e. The third kappa shape index (κ3) is 2.82. The summed E-state index contributed by atoms with van der Waals surface area (Å²) in [6, 6.07) is 10.1. The van der Waals surface area contributed by atoms with Gasteiger partial charge in [-0.3, -0.25) is 9.55 Å². The number of rotatable bonds is 3. The summed E-state index contributed by atoms with van der Waals surface area (Å²) in [5.41, 5.74) is 5.67. The number of aryl methyl sites for hydroxylation is 2. The van der Waals surface area contributed by atoms with E-state index in [4.69, 9.17) is 19.0 Å². The monoisotopic (exact) mass is 417 g/mol. The number of anilines is 1. The van der Waals surface area contributed by atoms with Gasteiger partial charge in [-0.25, -0.2) is 4.98 Å². The van der Waals surface area contributed by atoms with E-state index in [2.05, 4.69) is 31.7 Å². The first kappa shape index (κ1) is 18.4. The van der Waals surface area contributed by atoms with Crippen LogP contribution in [0.1, 0.15) is 23.2 Å². The van der Waals surface area contributed by atoms with Crippen molar-refractivity contribution in [2.24, 2.45) is 0 Å². The molecule has 0 bridgehead atoms. The van der Waals surface area contributed by atoms with E-state index in [9.17, 15) is 0 Å². The molecule has 3 aromatic heterocycles. The molecule has 0 unspecified atom stereocenters. The minimum absolute atomic E-state index is 0.0588. The summed E-state index contributed by atoms with van der Waals surface area (Å²) in [6.45, 7) is 7.39. The lowest BCUT2D eigenvalue weighted by atomic mass is 10.0. The Morgan fingerprint density at radius 2 is 1.94 bits per heavy atom. The van der Waals surface area contributed by atoms with Crippen LogP contribution in [0.3, 0.4) is 0 Å². The highest BCUT2D eigenvalue weighted by atomic mass is 16.5. The van der Waals surface area contributed by atoms with Gasteiger partial charge in [0.05, 0.1) is 35.7 Å². The molecular weight excluding hydrogens is 394 g/mol. The van der Waals surface area contributed by atoms with E-state index in [-0.39, 0.29) is 6.04 Å². The standard InChI is InChI=1S/C23H23N5O3/c1-14-20(15(2)31-26-14)16-6-7-18-21-22(16)30-13-19(17-5-3-4-8-24-17)28(21)23(25-18)27-9-11-29-12-10-27/h3-8,19H,9-13H2,1-2H3/t19-/m1/s1. The fourth-order valence-corrected chi connectivity index (χ4v) is 4.67. The Kier molecular flexibility index (Phi) is 4.21. The number of nitrogens with zero attached hydrogens (tertiary/aromatic N) is 5. The second-order valence-corrected chi connectivity index (χ2v) is 7.97. The third-order valence-electron chi connectivity index (χ3n) is 6.11. The molecule has 31 heavy (non-hydrogen) atoms. The lowest BCUT2D eigenvalue weighted by Crippen LogP contribution is -2.39. The Bertz CT molecular complexity index is 1240. The highest BCUT2D eigenvalue weighted by Crippen LogP contribution is 2.45. The molecule has 158 valence electrons. The summed E-state index contributed by atoms with van der Waals surface area (Å²) in [6.07, 6.45) is 1.83. The van der Waals surface area contributed by atoms with Crippen LogP contribution in [0.15, 0.2) is 41.1 Å². The van der Waals surface area contributed by atoms with Gasteiger partial charge in [-0.1, -0.05) is 11.2 Å². The molecular formula is C23H23N5O3. The maximum absolute atomic E-state index is 6.41. The number of ether oxygens (including phenoxy) is 2. The molecule has 5 heterocycles. The molecule has 0 aliphatic carbocycles. The number of pyridine rings is 1. The molecule has 8 heteroatoms. The van der Waals surface area contributed by atoms with E-state index in [1.165, 1.54) is 0 Å². The van der Waals surface area contributed by atoms with E-state index in [0.717, 1.165) is 64.1 Å². The maximum atomic E-state index is 6.41. The molecule has 2 aliphatic heterocycles. The minimum Gasteiger partial charge on any atom is -0.488 e. The average molecular weight is 417 g/mol. The SMILES string of the molecule is Cc1noc(C)c1-c1ccc2nc(N3CCOCC3)n3c2c1OC[C@@H]3c1ccccn1. The fraction of sp³-hybridized carbons (Fsp3) is 0.348. The second-order valence-electron chi connectivity index (χ2n) is 7.97. The molecule has 1 fully saturated rings. The molecule has 4 aromatic rings. The number of morpholine rings is 1. The van der Waals surface area contributed by atoms with Gasteiger partial charge in [-0.05, 0) is 38.1 Å². The van der Waals surface area contributed by atoms with Crippen molar-refractivity contribution < 1.29 is 14.0 Å². The Labute approximate surface area is 179 Å². The zero-order chi connectivity index (χ0) is 20.9. The quantitative estimate of drug-likeness (QED) is 0.505. The number of hydrogen-bond acceptors (Lipinski definition) is 7. The van der Waals surface area contributed by atoms with Crippen LogP contribution >= 0.6 is 0 Å². The van der Waals surface area contributed by atoms with Crippen LogP contribution in [-0.4, -0.2) is 52.6 Å². The molecule has 1 aromatic carbocycles. The molecule has 0 radical (unpaired) electrons. The highest BCUT2D eigenvalue weighted by Gasteiger charge is 2.33. The Hall–Kier alpha value is -3.39. The molecule has 1 atom stereocenters. The summed E-state index contributed by atoms with van der Waals surface area (Å²) in [5.74, 6) is 2.54. The molecule has 0 saturated carbocycles. The van der Waals surface area contributed by atoms with Crippen molar-refractivity contribution in [3.05, 3.63) is 53.7 Å². The fourth-order valence-electron chi connectivity index (χ4n) is 4.67. The van der Waals surface area contributed by atoms with E-state index >= 15 is 0 Å². The van der Waals surface area contributed by atoms with E-state index < -0.39 is 0 Å². The summed E-state index contributed by atoms with van der Waals surface area (Å²) in [7, 11) is 0. The van der Waals surface area contributed by atoms with Crippen molar-refractivity contribution in [2.45, 2.75) is 19.9 Å². The first-order valence-electron chi connectivity index (χ1n) is 10.6. The predicted octanol–water partition coefficient (Wildman–Crippen LogP) is 3.52. The van der Waals surface area contributed by atoms with Gasteiger partial charge in [0, 0.05) is 24.8 Å². The van der Waals surface area contributed by atoms with Gasteiger partial charge >= 0.3 is 0 Å². The molecule has 1 saturated heterocycles. The number of hydrogen-bond donors (Lipinski definition) is 0. The van der Waals surface area contributed by atoms with Crippen molar-refractivity contribution in [3.63, 3.8) is 0 Å². The predicted molar refractivity (Wildman–Crippen MR) is 116 cm³/mol. The van der Waals surface area contributed by atoms with Crippen LogP contribution in [0, 0.1) is 13.8 Å². The van der Waals surface area contributed by atoms with E-state index in [1.54, 1.807) is 0 Å². The van der Waals surface area contributed by atoms with Crippen molar-refractivity contribution >= 4 is 17.0 Å². The molecule has 2 aliphatic rings. The lowest BCUT2D eigenvalue weighted by Gasteiger charge is -2.33. The average Bonchev–Trinajstić information content (AvgIpc) is 3.37. The van der Waals surface area contributed by atoms with Crippen molar-refractivity contribution in [3.8, 4) is 16.9 Å². The van der Waals surface area contributed by atoms with Gasteiger partial charge in [-0.2, -0.15) is 0 Å². The topological polar surface area (TPSA) is 78.4 Å². The van der Waals surface area contributed by atoms with Gasteiger partial charge in [0.1, 0.15) is 23.9 Å². The third-order valence-corrected chi connectivity index (χ3v) is 6.11. The Morgan fingerprint density at radius 1 is 1.06 bits per heavy atom. The van der Waals surface area contributed by atoms with Gasteiger partial charge in [0.2, 0.25) is 5.95 Å². The van der Waals surface area contributed by atoms with Crippen LogP contribution in [0.2, 0.25) is 0 Å². The largest absolute Gasteiger partial charge is 0.488 e. The van der Waals surface area contributed by atoms with Gasteiger partial charge in [0.25, 0.3) is 0 Å². The van der Waals surface area contributed by atoms with E-state index in [0.29, 0.717) is 19.8 Å². The van der Waals surface area contributed by atoms with Crippen LogP contribution in [0.25, 0.3) is 22.2 Å². The molecule has 0 amide bonds. The summed E-state index contributed by atoms with van der Waals surface area (Å²) >= 11 is 0. The number of imidazole rings is 1. The summed E-state index contributed by atoms with van der Waals surface area (Å²) < 4.78 is 19.7. The second kappa shape index (κ2) is 7.09. The minimum atomic E-state index is -0.0588. The van der Waals surface area contributed by atoms with Gasteiger partial charge in [0.15, 0.2) is 5.75 Å². The van der Waals surface area contributed by atoms with Gasteiger partial charge < -0.3 is 18.9 Å². The lowest BCUT2D eigenvalue weighted by molar-refractivity contribution is 0.121. The molecule has 0 N–H and O–H groups in total. The molecule has 8 nitrogen and oxygen atoms in total. The summed E-state index contributed by atoms with van der Waals surface area (Å²) in [5, 5.41) is 4.14. The molecule has 0 spiro atoms. The van der Waals surface area contributed by atoms with Crippen LogP contribution in [0.4, 0.5) is 5.95 Å². The van der Waals surface area contributed by atoms with Gasteiger partial charge in [-0.15, -0.1) is 0 Å². The zero-order valence-electron chi connectivity index (χ0n) is 17.5. The van der Waals surface area contributed by atoms with Crippen LogP contribution < -0.4 is 9.64 Å². The van der Waals surface area contributed by atoms with Crippen molar-refractivity contribution in [1.29, 1.82) is 0 Å². The Balaban J connectivity index is 1.62. The highest BCUT2D eigenvalue weighted by molar-refractivity contribution is 5.94. The zero-order valence-corrected chi connectivity index (χ0v) is 17.5.